The number of carbonyl (C=O) groups excluding carboxylic acids is 1. The fraction of sp³-hybridized carbons (Fsp3) is 0.500. The summed E-state index contributed by atoms with van der Waals surface area (Å²) in [6, 6.07) is 4.96. The first-order valence-electron chi connectivity index (χ1n) is 8.46. The van der Waals surface area contributed by atoms with Gasteiger partial charge in [0.1, 0.15) is 6.54 Å². The molecule has 0 saturated carbocycles. The van der Waals surface area contributed by atoms with Gasteiger partial charge in [-0.3, -0.25) is 9.10 Å². The molecule has 1 aromatic rings. The van der Waals surface area contributed by atoms with Gasteiger partial charge in [0.2, 0.25) is 15.9 Å². The lowest BCUT2D eigenvalue weighted by Gasteiger charge is -2.22. The van der Waals surface area contributed by atoms with E-state index in [-0.39, 0.29) is 12.5 Å². The zero-order valence-electron chi connectivity index (χ0n) is 14.7. The zero-order valence-corrected chi connectivity index (χ0v) is 16.3. The van der Waals surface area contributed by atoms with Gasteiger partial charge in [0.25, 0.3) is 0 Å². The van der Waals surface area contributed by atoms with E-state index in [4.69, 9.17) is 11.6 Å². The second-order valence-corrected chi connectivity index (χ2v) is 8.73. The van der Waals surface area contributed by atoms with Crippen LogP contribution in [0.5, 0.6) is 0 Å². The number of benzene rings is 1. The predicted molar refractivity (Wildman–Crippen MR) is 103 cm³/mol. The molecule has 1 amide bonds. The van der Waals surface area contributed by atoms with Crippen molar-refractivity contribution in [2.75, 3.05) is 23.7 Å². The molecule has 0 atom stereocenters. The quantitative estimate of drug-likeness (QED) is 0.732. The predicted octanol–water partition coefficient (Wildman–Crippen LogP) is 3.42. The Morgan fingerprint density at radius 1 is 1.32 bits per heavy atom. The monoisotopic (exact) mass is 384 g/mol. The van der Waals surface area contributed by atoms with Crippen LogP contribution in [0.2, 0.25) is 5.02 Å². The lowest BCUT2D eigenvalue weighted by atomic mass is 9.97. The zero-order chi connectivity index (χ0) is 18.4. The number of hydrogen-bond acceptors (Lipinski definition) is 3. The summed E-state index contributed by atoms with van der Waals surface area (Å²) in [7, 11) is -3.59. The second-order valence-electron chi connectivity index (χ2n) is 6.41. The number of hydrogen-bond donors (Lipinski definition) is 1. The molecule has 1 aromatic carbocycles. The van der Waals surface area contributed by atoms with Crippen LogP contribution in [-0.4, -0.2) is 33.7 Å². The van der Waals surface area contributed by atoms with Gasteiger partial charge in [-0.15, -0.1) is 0 Å². The molecule has 1 aliphatic rings. The Labute approximate surface area is 155 Å². The van der Waals surface area contributed by atoms with Crippen molar-refractivity contribution < 1.29 is 13.2 Å². The summed E-state index contributed by atoms with van der Waals surface area (Å²) < 4.78 is 25.2. The maximum Gasteiger partial charge on any atom is 0.240 e. The van der Waals surface area contributed by atoms with Crippen LogP contribution in [0.4, 0.5) is 5.69 Å². The third kappa shape index (κ3) is 6.04. The highest BCUT2D eigenvalue weighted by Crippen LogP contribution is 2.24. The second kappa shape index (κ2) is 8.72. The number of anilines is 1. The minimum Gasteiger partial charge on any atom is -0.354 e. The van der Waals surface area contributed by atoms with E-state index in [1.165, 1.54) is 18.4 Å². The molecular formula is C18H25ClN2O3S. The molecule has 0 heterocycles. The van der Waals surface area contributed by atoms with Gasteiger partial charge in [-0.2, -0.15) is 0 Å². The van der Waals surface area contributed by atoms with Gasteiger partial charge in [0.05, 0.1) is 11.9 Å². The topological polar surface area (TPSA) is 66.5 Å². The molecule has 0 aromatic heterocycles. The molecule has 1 aliphatic carbocycles. The van der Waals surface area contributed by atoms with Crippen molar-refractivity contribution in [1.82, 2.24) is 5.32 Å². The van der Waals surface area contributed by atoms with Crippen molar-refractivity contribution in [1.29, 1.82) is 0 Å². The number of nitrogens with zero attached hydrogens (tertiary/aromatic N) is 1. The average Bonchev–Trinajstić information content (AvgIpc) is 2.55. The molecule has 0 saturated heterocycles. The van der Waals surface area contributed by atoms with Crippen LogP contribution in [0.15, 0.2) is 29.8 Å². The summed E-state index contributed by atoms with van der Waals surface area (Å²) in [5.74, 6) is -0.321. The lowest BCUT2D eigenvalue weighted by molar-refractivity contribution is -0.119. The highest BCUT2D eigenvalue weighted by Gasteiger charge is 2.21. The van der Waals surface area contributed by atoms with Crippen LogP contribution in [0.1, 0.15) is 37.7 Å². The van der Waals surface area contributed by atoms with Crippen molar-refractivity contribution in [3.05, 3.63) is 40.4 Å². The number of sulfonamides is 1. The minimum absolute atomic E-state index is 0.253. The highest BCUT2D eigenvalue weighted by atomic mass is 35.5. The largest absolute Gasteiger partial charge is 0.354 e. The molecule has 0 radical (unpaired) electrons. The third-order valence-corrected chi connectivity index (χ3v) is 5.83. The highest BCUT2D eigenvalue weighted by molar-refractivity contribution is 7.92. The number of rotatable bonds is 7. The molecule has 138 valence electrons. The Balaban J connectivity index is 1.98. The van der Waals surface area contributed by atoms with E-state index < -0.39 is 10.0 Å². The van der Waals surface area contributed by atoms with Crippen molar-refractivity contribution >= 4 is 33.2 Å². The smallest absolute Gasteiger partial charge is 0.240 e. The number of amides is 1. The summed E-state index contributed by atoms with van der Waals surface area (Å²) in [4.78, 5) is 12.2. The van der Waals surface area contributed by atoms with Gasteiger partial charge in [0.15, 0.2) is 0 Å². The Kier molecular flexibility index (Phi) is 6.90. The molecule has 0 fully saturated rings. The van der Waals surface area contributed by atoms with Crippen molar-refractivity contribution in [2.45, 2.75) is 39.0 Å². The average molecular weight is 385 g/mol. The van der Waals surface area contributed by atoms with Crippen LogP contribution in [0.25, 0.3) is 0 Å². The van der Waals surface area contributed by atoms with E-state index in [1.807, 2.05) is 6.92 Å². The van der Waals surface area contributed by atoms with Gasteiger partial charge in [-0.25, -0.2) is 8.42 Å². The first-order valence-corrected chi connectivity index (χ1v) is 10.7. The molecule has 2 rings (SSSR count). The third-order valence-electron chi connectivity index (χ3n) is 4.28. The molecular weight excluding hydrogens is 360 g/mol. The van der Waals surface area contributed by atoms with E-state index in [0.717, 1.165) is 35.4 Å². The number of carbonyl (C=O) groups is 1. The Bertz CT molecular complexity index is 760. The summed E-state index contributed by atoms with van der Waals surface area (Å²) in [6.07, 6.45) is 8.79. The van der Waals surface area contributed by atoms with Crippen LogP contribution in [0.3, 0.4) is 0 Å². The molecule has 5 nitrogen and oxygen atoms in total. The van der Waals surface area contributed by atoms with Crippen LogP contribution in [0, 0.1) is 6.92 Å². The number of nitrogens with one attached hydrogen (secondary N) is 1. The van der Waals surface area contributed by atoms with E-state index in [2.05, 4.69) is 11.4 Å². The van der Waals surface area contributed by atoms with E-state index in [1.54, 1.807) is 18.2 Å². The van der Waals surface area contributed by atoms with Gasteiger partial charge in [-0.05, 0) is 56.7 Å². The molecule has 0 unspecified atom stereocenters. The summed E-state index contributed by atoms with van der Waals surface area (Å²) >= 11 is 6.09. The minimum atomic E-state index is -3.59. The van der Waals surface area contributed by atoms with E-state index >= 15 is 0 Å². The van der Waals surface area contributed by atoms with Gasteiger partial charge < -0.3 is 5.32 Å². The summed E-state index contributed by atoms with van der Waals surface area (Å²) in [5.41, 5.74) is 2.61. The van der Waals surface area contributed by atoms with Crippen molar-refractivity contribution in [3.8, 4) is 0 Å². The maximum absolute atomic E-state index is 12.2. The number of allylic oxidation sites excluding steroid dienone is 1. The summed E-state index contributed by atoms with van der Waals surface area (Å²) in [6.45, 7) is 2.11. The Morgan fingerprint density at radius 2 is 2.08 bits per heavy atom. The first-order chi connectivity index (χ1) is 11.8. The Hall–Kier alpha value is -1.53. The van der Waals surface area contributed by atoms with E-state index in [0.29, 0.717) is 17.3 Å². The van der Waals surface area contributed by atoms with Crippen molar-refractivity contribution in [2.24, 2.45) is 0 Å². The normalized spacial score (nSPS) is 14.8. The Morgan fingerprint density at radius 3 is 2.68 bits per heavy atom. The number of aryl methyl sites for hydroxylation is 1. The van der Waals surface area contributed by atoms with Gasteiger partial charge in [-0.1, -0.05) is 29.3 Å². The van der Waals surface area contributed by atoms with Gasteiger partial charge >= 0.3 is 0 Å². The molecule has 25 heavy (non-hydrogen) atoms. The molecule has 0 bridgehead atoms. The molecule has 7 heteroatoms. The lowest BCUT2D eigenvalue weighted by Crippen LogP contribution is -2.40. The van der Waals surface area contributed by atoms with Crippen LogP contribution < -0.4 is 9.62 Å². The fourth-order valence-electron chi connectivity index (χ4n) is 2.82. The van der Waals surface area contributed by atoms with Crippen LogP contribution >= 0.6 is 11.6 Å². The van der Waals surface area contributed by atoms with E-state index in [9.17, 15) is 13.2 Å². The maximum atomic E-state index is 12.2. The molecule has 0 aliphatic heterocycles. The van der Waals surface area contributed by atoms with Crippen LogP contribution in [-0.2, 0) is 14.8 Å². The molecule has 0 spiro atoms. The van der Waals surface area contributed by atoms with Gasteiger partial charge in [0, 0.05) is 11.6 Å². The number of halogens is 1. The fourth-order valence-corrected chi connectivity index (χ4v) is 3.84. The SMILES string of the molecule is Cc1ccc(N(CC(=O)NCCC2=CCCCC2)S(C)(=O)=O)cc1Cl. The van der Waals surface area contributed by atoms with Crippen molar-refractivity contribution in [3.63, 3.8) is 0 Å². The molecule has 1 N–H and O–H groups in total. The summed E-state index contributed by atoms with van der Waals surface area (Å²) in [5, 5.41) is 3.28. The first kappa shape index (κ1) is 19.8. The standard InChI is InChI=1S/C18H25ClN2O3S/c1-14-8-9-16(12-17(14)19)21(25(2,23)24)13-18(22)20-11-10-15-6-4-3-5-7-15/h6,8-9,12H,3-5,7,10-11,13H2,1-2H3,(H,20,22).